The molecule has 1 aliphatic rings. The predicted octanol–water partition coefficient (Wildman–Crippen LogP) is 4.12. The molecule has 1 fully saturated rings. The third-order valence-electron chi connectivity index (χ3n) is 3.75. The number of aliphatic imine (C=N–C) groups is 1. The number of benzene rings is 1. The van der Waals surface area contributed by atoms with Crippen molar-refractivity contribution in [3.63, 3.8) is 0 Å². The van der Waals surface area contributed by atoms with Crippen molar-refractivity contribution in [2.75, 3.05) is 12.8 Å². The van der Waals surface area contributed by atoms with Gasteiger partial charge in [-0.05, 0) is 37.1 Å². The molecule has 1 aliphatic carbocycles. The lowest BCUT2D eigenvalue weighted by Crippen LogP contribution is -2.28. The second kappa shape index (κ2) is 8.02. The van der Waals surface area contributed by atoms with Crippen LogP contribution in [0.4, 0.5) is 11.4 Å². The van der Waals surface area contributed by atoms with E-state index in [1.807, 2.05) is 6.26 Å². The van der Waals surface area contributed by atoms with E-state index < -0.39 is 4.92 Å². The van der Waals surface area contributed by atoms with Gasteiger partial charge in [0.05, 0.1) is 10.6 Å². The lowest BCUT2D eigenvalue weighted by Gasteiger charge is -2.22. The van der Waals surface area contributed by atoms with E-state index in [4.69, 9.17) is 0 Å². The Hall–Kier alpha value is -1.56. The number of rotatable bonds is 4. The Kier molecular flexibility index (Phi) is 6.04. The first-order valence-electron chi connectivity index (χ1n) is 7.30. The average molecular weight is 307 g/mol. The number of nitrogens with one attached hydrogen (secondary N) is 1. The Bertz CT molecular complexity index is 496. The molecule has 0 spiro atoms. The molecule has 1 N–H and O–H groups in total. The van der Waals surface area contributed by atoms with E-state index in [-0.39, 0.29) is 5.69 Å². The summed E-state index contributed by atoms with van der Waals surface area (Å²) in [6, 6.07) is 6.32. The first-order valence-corrected chi connectivity index (χ1v) is 8.52. The molecule has 0 bridgehead atoms. The van der Waals surface area contributed by atoms with Gasteiger partial charge in [-0.2, -0.15) is 0 Å². The van der Waals surface area contributed by atoms with Crippen LogP contribution in [0.25, 0.3) is 0 Å². The molecular weight excluding hydrogens is 286 g/mol. The summed E-state index contributed by atoms with van der Waals surface area (Å²) in [5.41, 5.74) is 0.830. The van der Waals surface area contributed by atoms with E-state index in [0.29, 0.717) is 0 Å². The highest BCUT2D eigenvalue weighted by Crippen LogP contribution is 2.23. The SMILES string of the molecule is CS/C(=N\c1ccc([N+](=O)[O-])cc1)NCC1CCCCC1. The van der Waals surface area contributed by atoms with Crippen molar-refractivity contribution in [2.45, 2.75) is 32.1 Å². The number of nitro groups is 1. The molecule has 1 aromatic rings. The first kappa shape index (κ1) is 15.8. The minimum Gasteiger partial charge on any atom is -0.364 e. The first-order chi connectivity index (χ1) is 10.2. The van der Waals surface area contributed by atoms with Gasteiger partial charge in [-0.25, -0.2) is 4.99 Å². The third-order valence-corrected chi connectivity index (χ3v) is 4.37. The number of amidine groups is 1. The highest BCUT2D eigenvalue weighted by atomic mass is 32.2. The zero-order chi connectivity index (χ0) is 15.1. The maximum atomic E-state index is 10.6. The number of thioether (sulfide) groups is 1. The van der Waals surface area contributed by atoms with E-state index in [0.717, 1.165) is 23.3 Å². The van der Waals surface area contributed by atoms with Crippen molar-refractivity contribution in [2.24, 2.45) is 10.9 Å². The van der Waals surface area contributed by atoms with Crippen LogP contribution in [0.1, 0.15) is 32.1 Å². The van der Waals surface area contributed by atoms with Gasteiger partial charge in [0.1, 0.15) is 0 Å². The number of nitro benzene ring substituents is 1. The fourth-order valence-corrected chi connectivity index (χ4v) is 2.97. The molecule has 21 heavy (non-hydrogen) atoms. The second-order valence-electron chi connectivity index (χ2n) is 5.28. The van der Waals surface area contributed by atoms with Crippen molar-refractivity contribution in [3.8, 4) is 0 Å². The maximum absolute atomic E-state index is 10.6. The molecule has 0 amide bonds. The summed E-state index contributed by atoms with van der Waals surface area (Å²) in [6.07, 6.45) is 8.61. The summed E-state index contributed by atoms with van der Waals surface area (Å²) < 4.78 is 0. The van der Waals surface area contributed by atoms with Gasteiger partial charge in [0.2, 0.25) is 0 Å². The summed E-state index contributed by atoms with van der Waals surface area (Å²) >= 11 is 1.57. The van der Waals surface area contributed by atoms with Gasteiger partial charge in [0.25, 0.3) is 5.69 Å². The molecule has 114 valence electrons. The van der Waals surface area contributed by atoms with Crippen LogP contribution in [0.15, 0.2) is 29.3 Å². The van der Waals surface area contributed by atoms with Gasteiger partial charge < -0.3 is 5.32 Å². The Labute approximate surface area is 129 Å². The third kappa shape index (κ3) is 5.04. The molecule has 2 rings (SSSR count). The summed E-state index contributed by atoms with van der Waals surface area (Å²) in [4.78, 5) is 14.7. The smallest absolute Gasteiger partial charge is 0.269 e. The van der Waals surface area contributed by atoms with Gasteiger partial charge in [-0.15, -0.1) is 0 Å². The fraction of sp³-hybridized carbons (Fsp3) is 0.533. The predicted molar refractivity (Wildman–Crippen MR) is 88.3 cm³/mol. The molecule has 6 heteroatoms. The van der Waals surface area contributed by atoms with Crippen LogP contribution in [0.2, 0.25) is 0 Å². The van der Waals surface area contributed by atoms with Crippen molar-refractivity contribution in [1.29, 1.82) is 0 Å². The lowest BCUT2D eigenvalue weighted by atomic mass is 9.89. The zero-order valence-corrected chi connectivity index (χ0v) is 13.1. The molecule has 0 saturated heterocycles. The van der Waals surface area contributed by atoms with Crippen molar-refractivity contribution in [3.05, 3.63) is 34.4 Å². The van der Waals surface area contributed by atoms with Gasteiger partial charge in [-0.1, -0.05) is 31.0 Å². The van der Waals surface area contributed by atoms with E-state index in [9.17, 15) is 10.1 Å². The summed E-state index contributed by atoms with van der Waals surface area (Å²) in [7, 11) is 0. The van der Waals surface area contributed by atoms with E-state index in [2.05, 4.69) is 10.3 Å². The van der Waals surface area contributed by atoms with Gasteiger partial charge in [0.15, 0.2) is 5.17 Å². The van der Waals surface area contributed by atoms with E-state index >= 15 is 0 Å². The molecule has 0 unspecified atom stereocenters. The highest BCUT2D eigenvalue weighted by Gasteiger charge is 2.13. The van der Waals surface area contributed by atoms with Crippen LogP contribution in [-0.4, -0.2) is 22.9 Å². The topological polar surface area (TPSA) is 67.5 Å². The van der Waals surface area contributed by atoms with Gasteiger partial charge in [-0.3, -0.25) is 10.1 Å². The van der Waals surface area contributed by atoms with Crippen LogP contribution in [-0.2, 0) is 0 Å². The second-order valence-corrected chi connectivity index (χ2v) is 6.07. The van der Waals surface area contributed by atoms with Crippen molar-refractivity contribution < 1.29 is 4.92 Å². The summed E-state index contributed by atoms with van der Waals surface area (Å²) in [5, 5.41) is 14.9. The molecule has 0 heterocycles. The zero-order valence-electron chi connectivity index (χ0n) is 12.2. The van der Waals surface area contributed by atoms with Crippen LogP contribution in [0, 0.1) is 16.0 Å². The van der Waals surface area contributed by atoms with Crippen molar-refractivity contribution in [1.82, 2.24) is 5.32 Å². The van der Waals surface area contributed by atoms with Gasteiger partial charge >= 0.3 is 0 Å². The molecule has 5 nitrogen and oxygen atoms in total. The van der Waals surface area contributed by atoms with Crippen LogP contribution in [0.3, 0.4) is 0 Å². The van der Waals surface area contributed by atoms with Crippen molar-refractivity contribution >= 4 is 28.3 Å². The largest absolute Gasteiger partial charge is 0.364 e. The van der Waals surface area contributed by atoms with Crippen LogP contribution >= 0.6 is 11.8 Å². The minimum atomic E-state index is -0.399. The number of hydrogen-bond donors (Lipinski definition) is 1. The Morgan fingerprint density at radius 2 is 2.00 bits per heavy atom. The molecule has 0 atom stereocenters. The quantitative estimate of drug-likeness (QED) is 0.393. The Morgan fingerprint density at radius 1 is 1.33 bits per heavy atom. The normalized spacial score (nSPS) is 16.7. The van der Waals surface area contributed by atoms with E-state index in [1.54, 1.807) is 23.9 Å². The summed E-state index contributed by atoms with van der Waals surface area (Å²) in [6.45, 7) is 0.965. The van der Waals surface area contributed by atoms with Crippen LogP contribution < -0.4 is 5.32 Å². The van der Waals surface area contributed by atoms with Crippen LogP contribution in [0.5, 0.6) is 0 Å². The Morgan fingerprint density at radius 3 is 2.57 bits per heavy atom. The summed E-state index contributed by atoms with van der Waals surface area (Å²) in [5.74, 6) is 0.743. The maximum Gasteiger partial charge on any atom is 0.269 e. The fourth-order valence-electron chi connectivity index (χ4n) is 2.55. The van der Waals surface area contributed by atoms with Gasteiger partial charge in [0, 0.05) is 18.7 Å². The molecule has 0 aromatic heterocycles. The Balaban J connectivity index is 1.93. The molecule has 0 radical (unpaired) electrons. The molecule has 0 aliphatic heterocycles. The number of nitrogens with zero attached hydrogens (tertiary/aromatic N) is 2. The monoisotopic (exact) mass is 307 g/mol. The van der Waals surface area contributed by atoms with E-state index in [1.165, 1.54) is 44.2 Å². The average Bonchev–Trinajstić information content (AvgIpc) is 2.53. The molecule has 1 saturated carbocycles. The number of non-ortho nitro benzene ring substituents is 1. The minimum absolute atomic E-state index is 0.0924. The highest BCUT2D eigenvalue weighted by molar-refractivity contribution is 8.13. The number of hydrogen-bond acceptors (Lipinski definition) is 4. The lowest BCUT2D eigenvalue weighted by molar-refractivity contribution is -0.384. The molecule has 1 aromatic carbocycles. The standard InChI is InChI=1S/C15H21N3O2S/c1-21-15(16-11-12-5-3-2-4-6-12)17-13-7-9-14(10-8-13)18(19)20/h7-10,12H,2-6,11H2,1H3,(H,16,17). The molecular formula is C15H21N3O2S.